The molecular weight excluding hydrogens is 330 g/mol. The monoisotopic (exact) mass is 359 g/mol. The van der Waals surface area contributed by atoms with Crippen LogP contribution < -0.4 is 10.6 Å². The minimum Gasteiger partial charge on any atom is -0.374 e. The van der Waals surface area contributed by atoms with Crippen molar-refractivity contribution in [3.8, 4) is 0 Å². The average Bonchev–Trinajstić information content (AvgIpc) is 3.15. The van der Waals surface area contributed by atoms with Crippen LogP contribution in [0.5, 0.6) is 0 Å². The molecule has 0 radical (unpaired) electrons. The molecular formula is C20H29N3OS. The first-order chi connectivity index (χ1) is 12.1. The van der Waals surface area contributed by atoms with E-state index in [1.165, 1.54) is 16.7 Å². The number of nitrogens with one attached hydrogen (secondary N) is 2. The highest BCUT2D eigenvalue weighted by Crippen LogP contribution is 2.17. The molecule has 2 aromatic rings. The van der Waals surface area contributed by atoms with Crippen molar-refractivity contribution in [1.29, 1.82) is 0 Å². The molecule has 0 saturated carbocycles. The van der Waals surface area contributed by atoms with Gasteiger partial charge in [-0.15, -0.1) is 0 Å². The highest BCUT2D eigenvalue weighted by Gasteiger charge is 2.07. The van der Waals surface area contributed by atoms with Gasteiger partial charge in [0.05, 0.1) is 12.7 Å². The molecule has 1 aromatic carbocycles. The lowest BCUT2D eigenvalue weighted by Crippen LogP contribution is -2.38. The largest absolute Gasteiger partial charge is 0.374 e. The van der Waals surface area contributed by atoms with E-state index in [0.29, 0.717) is 12.5 Å². The van der Waals surface area contributed by atoms with E-state index in [9.17, 15) is 0 Å². The first-order valence-corrected chi connectivity index (χ1v) is 9.68. The van der Waals surface area contributed by atoms with E-state index in [0.717, 1.165) is 19.0 Å². The molecule has 0 fully saturated rings. The van der Waals surface area contributed by atoms with Crippen molar-refractivity contribution in [2.45, 2.75) is 45.9 Å². The van der Waals surface area contributed by atoms with Gasteiger partial charge in [-0.1, -0.05) is 31.2 Å². The van der Waals surface area contributed by atoms with Gasteiger partial charge in [-0.3, -0.25) is 4.99 Å². The van der Waals surface area contributed by atoms with Crippen LogP contribution in [0.25, 0.3) is 0 Å². The van der Waals surface area contributed by atoms with Crippen molar-refractivity contribution in [1.82, 2.24) is 10.6 Å². The third-order valence-electron chi connectivity index (χ3n) is 3.95. The van der Waals surface area contributed by atoms with Gasteiger partial charge < -0.3 is 15.4 Å². The Kier molecular flexibility index (Phi) is 7.95. The highest BCUT2D eigenvalue weighted by atomic mass is 32.1. The second kappa shape index (κ2) is 10.2. The molecule has 25 heavy (non-hydrogen) atoms. The number of benzene rings is 1. The number of rotatable bonds is 8. The fraction of sp³-hybridized carbons (Fsp3) is 0.450. The SMILES string of the molecule is CN=C(NCc1cccc(COC(C)C)c1)NCC(C)c1ccsc1. The van der Waals surface area contributed by atoms with Crippen molar-refractivity contribution < 1.29 is 4.74 Å². The van der Waals surface area contributed by atoms with Gasteiger partial charge in [0.1, 0.15) is 0 Å². The maximum Gasteiger partial charge on any atom is 0.191 e. The fourth-order valence-corrected chi connectivity index (χ4v) is 3.20. The predicted molar refractivity (Wildman–Crippen MR) is 107 cm³/mol. The first-order valence-electron chi connectivity index (χ1n) is 8.74. The van der Waals surface area contributed by atoms with Crippen molar-refractivity contribution in [2.24, 2.45) is 4.99 Å². The van der Waals surface area contributed by atoms with E-state index < -0.39 is 0 Å². The van der Waals surface area contributed by atoms with E-state index in [-0.39, 0.29) is 6.10 Å². The fourth-order valence-electron chi connectivity index (χ4n) is 2.42. The van der Waals surface area contributed by atoms with Crippen LogP contribution in [0.15, 0.2) is 46.1 Å². The van der Waals surface area contributed by atoms with Crippen molar-refractivity contribution >= 4 is 17.3 Å². The Labute approximate surface area is 155 Å². The van der Waals surface area contributed by atoms with Gasteiger partial charge in [0.2, 0.25) is 0 Å². The maximum absolute atomic E-state index is 5.67. The normalized spacial score (nSPS) is 13.1. The molecule has 0 spiro atoms. The summed E-state index contributed by atoms with van der Waals surface area (Å²) in [7, 11) is 1.80. The number of nitrogens with zero attached hydrogens (tertiary/aromatic N) is 1. The van der Waals surface area contributed by atoms with E-state index in [4.69, 9.17) is 4.74 Å². The summed E-state index contributed by atoms with van der Waals surface area (Å²) < 4.78 is 5.67. The summed E-state index contributed by atoms with van der Waals surface area (Å²) in [5.74, 6) is 1.28. The summed E-state index contributed by atoms with van der Waals surface area (Å²) in [6, 6.07) is 10.6. The molecule has 2 N–H and O–H groups in total. The minimum atomic E-state index is 0.245. The number of guanidine groups is 1. The van der Waals surface area contributed by atoms with Crippen LogP contribution in [0.1, 0.15) is 43.4 Å². The van der Waals surface area contributed by atoms with Crippen LogP contribution in [-0.2, 0) is 17.9 Å². The lowest BCUT2D eigenvalue weighted by atomic mass is 10.1. The van der Waals surface area contributed by atoms with Gasteiger partial charge in [0.15, 0.2) is 5.96 Å². The summed E-state index contributed by atoms with van der Waals surface area (Å²) in [4.78, 5) is 4.31. The Morgan fingerprint density at radius 2 is 1.96 bits per heavy atom. The van der Waals surface area contributed by atoms with Crippen LogP contribution in [-0.4, -0.2) is 25.7 Å². The quantitative estimate of drug-likeness (QED) is 0.550. The molecule has 1 aromatic heterocycles. The molecule has 0 bridgehead atoms. The van der Waals surface area contributed by atoms with Gasteiger partial charge >= 0.3 is 0 Å². The van der Waals surface area contributed by atoms with E-state index in [1.807, 2.05) is 0 Å². The average molecular weight is 360 g/mol. The molecule has 0 saturated heterocycles. The second-order valence-corrected chi connectivity index (χ2v) is 7.22. The number of thiophene rings is 1. The zero-order chi connectivity index (χ0) is 18.1. The molecule has 1 unspecified atom stereocenters. The standard InChI is InChI=1S/C20H29N3OS/c1-15(2)24-13-18-7-5-6-17(10-18)12-23-20(21-4)22-11-16(3)19-8-9-25-14-19/h5-10,14-16H,11-13H2,1-4H3,(H2,21,22,23). The molecule has 0 aliphatic carbocycles. The van der Waals surface area contributed by atoms with Gasteiger partial charge in [0, 0.05) is 20.1 Å². The van der Waals surface area contributed by atoms with Gasteiger partial charge in [-0.25, -0.2) is 0 Å². The molecule has 0 amide bonds. The van der Waals surface area contributed by atoms with Crippen molar-refractivity contribution in [3.05, 3.63) is 57.8 Å². The lowest BCUT2D eigenvalue weighted by Gasteiger charge is -2.16. The summed E-state index contributed by atoms with van der Waals surface area (Å²) in [5, 5.41) is 11.1. The van der Waals surface area contributed by atoms with Gasteiger partial charge in [-0.05, 0) is 53.3 Å². The molecule has 0 aliphatic heterocycles. The summed E-state index contributed by atoms with van der Waals surface area (Å²) in [5.41, 5.74) is 3.78. The molecule has 4 nitrogen and oxygen atoms in total. The number of hydrogen-bond acceptors (Lipinski definition) is 3. The smallest absolute Gasteiger partial charge is 0.191 e. The van der Waals surface area contributed by atoms with Crippen LogP contribution in [0.3, 0.4) is 0 Å². The Morgan fingerprint density at radius 3 is 2.64 bits per heavy atom. The zero-order valence-corrected chi connectivity index (χ0v) is 16.4. The van der Waals surface area contributed by atoms with Gasteiger partial charge in [0.25, 0.3) is 0 Å². The Balaban J connectivity index is 1.81. The predicted octanol–water partition coefficient (Wildman–Crippen LogP) is 4.14. The molecule has 136 valence electrons. The topological polar surface area (TPSA) is 45.7 Å². The molecule has 1 heterocycles. The van der Waals surface area contributed by atoms with Crippen molar-refractivity contribution in [3.63, 3.8) is 0 Å². The van der Waals surface area contributed by atoms with Crippen LogP contribution in [0.4, 0.5) is 0 Å². The third-order valence-corrected chi connectivity index (χ3v) is 4.65. The van der Waals surface area contributed by atoms with E-state index >= 15 is 0 Å². The first kappa shape index (κ1) is 19.5. The van der Waals surface area contributed by atoms with Gasteiger partial charge in [-0.2, -0.15) is 11.3 Å². The third kappa shape index (κ3) is 6.88. The Bertz CT molecular complexity index is 653. The highest BCUT2D eigenvalue weighted by molar-refractivity contribution is 7.07. The Hall–Kier alpha value is -1.85. The van der Waals surface area contributed by atoms with E-state index in [2.05, 4.69) is 77.5 Å². The number of aliphatic imine (C=N–C) groups is 1. The molecule has 5 heteroatoms. The number of hydrogen-bond donors (Lipinski definition) is 2. The molecule has 1 atom stereocenters. The molecule has 2 rings (SSSR count). The summed E-state index contributed by atoms with van der Waals surface area (Å²) >= 11 is 1.74. The molecule has 0 aliphatic rings. The van der Waals surface area contributed by atoms with Crippen LogP contribution in [0.2, 0.25) is 0 Å². The van der Waals surface area contributed by atoms with Crippen molar-refractivity contribution in [2.75, 3.05) is 13.6 Å². The maximum atomic E-state index is 5.67. The summed E-state index contributed by atoms with van der Waals surface area (Å²) in [6.45, 7) is 8.58. The zero-order valence-electron chi connectivity index (χ0n) is 15.6. The summed E-state index contributed by atoms with van der Waals surface area (Å²) in [6.07, 6.45) is 0.245. The number of ether oxygens (including phenoxy) is 1. The van der Waals surface area contributed by atoms with Crippen LogP contribution >= 0.6 is 11.3 Å². The lowest BCUT2D eigenvalue weighted by molar-refractivity contribution is 0.0657. The van der Waals surface area contributed by atoms with E-state index in [1.54, 1.807) is 18.4 Å². The Morgan fingerprint density at radius 1 is 1.16 bits per heavy atom. The second-order valence-electron chi connectivity index (χ2n) is 6.44. The minimum absolute atomic E-state index is 0.245. The van der Waals surface area contributed by atoms with Crippen LogP contribution in [0, 0.1) is 0 Å².